The molecule has 0 fully saturated rings. The number of rotatable bonds is 2. The van der Waals surface area contributed by atoms with Crippen LogP contribution in [0.5, 0.6) is 0 Å². The molecule has 2 rings (SSSR count). The van der Waals surface area contributed by atoms with Crippen molar-refractivity contribution >= 4 is 20.2 Å². The fourth-order valence-corrected chi connectivity index (χ4v) is 4.94. The predicted molar refractivity (Wildman–Crippen MR) is 101 cm³/mol. The Balaban J connectivity index is -0.000000422. The molecule has 11 heteroatoms. The van der Waals surface area contributed by atoms with Gasteiger partial charge in [-0.3, -0.25) is 0 Å². The molecular formula is C18H24Na2O7S2. The van der Waals surface area contributed by atoms with Gasteiger partial charge in [0.1, 0.15) is 20.2 Å². The molecule has 0 radical (unpaired) electrons. The molecule has 0 saturated heterocycles. The topological polar surface area (TPSA) is 146 Å². The molecule has 0 aliphatic heterocycles. The second-order valence-corrected chi connectivity index (χ2v) is 9.00. The first-order valence-corrected chi connectivity index (χ1v) is 10.5. The van der Waals surface area contributed by atoms with Crippen LogP contribution in [0.15, 0.2) is 34.1 Å². The molecule has 0 aliphatic carbocycles. The third-order valence-corrected chi connectivity index (χ3v) is 6.00. The first-order chi connectivity index (χ1) is 11.6. The van der Waals surface area contributed by atoms with Crippen molar-refractivity contribution in [3.63, 3.8) is 0 Å². The Hall–Kier alpha value is 0.220. The molecule has 0 spiro atoms. The van der Waals surface area contributed by atoms with Crippen molar-refractivity contribution in [1.82, 2.24) is 0 Å². The Labute approximate surface area is 217 Å². The quantitative estimate of drug-likeness (QED) is 0.331. The van der Waals surface area contributed by atoms with Crippen molar-refractivity contribution in [2.75, 3.05) is 0 Å². The molecule has 2 aromatic rings. The first kappa shape index (κ1) is 33.8. The van der Waals surface area contributed by atoms with E-state index in [1.807, 2.05) is 13.8 Å². The van der Waals surface area contributed by atoms with Crippen LogP contribution in [0.2, 0.25) is 0 Å². The monoisotopic (exact) mass is 462 g/mol. The van der Waals surface area contributed by atoms with Gasteiger partial charge in [-0.25, -0.2) is 16.8 Å². The molecular weight excluding hydrogens is 438 g/mol. The van der Waals surface area contributed by atoms with E-state index in [-0.39, 0.29) is 74.4 Å². The average Bonchev–Trinajstić information content (AvgIpc) is 2.32. The van der Waals surface area contributed by atoms with Gasteiger partial charge in [0.05, 0.1) is 9.79 Å². The summed E-state index contributed by atoms with van der Waals surface area (Å²) in [6, 6.07) is 6.77. The summed E-state index contributed by atoms with van der Waals surface area (Å²) in [4.78, 5) is -0.170. The van der Waals surface area contributed by atoms with E-state index in [4.69, 9.17) is 0 Å². The van der Waals surface area contributed by atoms with E-state index >= 15 is 0 Å². The van der Waals surface area contributed by atoms with Gasteiger partial charge in [-0.15, -0.1) is 0 Å². The van der Waals surface area contributed by atoms with Crippen LogP contribution in [0.1, 0.15) is 33.4 Å². The molecule has 0 aromatic heterocycles. The van der Waals surface area contributed by atoms with Gasteiger partial charge in [-0.05, 0) is 63.8 Å². The molecule has 152 valence electrons. The van der Waals surface area contributed by atoms with Gasteiger partial charge < -0.3 is 14.6 Å². The molecule has 2 N–H and O–H groups in total. The van der Waals surface area contributed by atoms with Crippen LogP contribution in [0.3, 0.4) is 0 Å². The van der Waals surface area contributed by atoms with Crippen LogP contribution in [-0.4, -0.2) is 31.4 Å². The Bertz CT molecular complexity index is 916. The summed E-state index contributed by atoms with van der Waals surface area (Å²) in [5.74, 6) is 0. The van der Waals surface area contributed by atoms with E-state index in [1.165, 1.54) is 0 Å². The van der Waals surface area contributed by atoms with E-state index in [9.17, 15) is 25.9 Å². The van der Waals surface area contributed by atoms with Crippen molar-refractivity contribution in [2.45, 2.75) is 51.3 Å². The summed E-state index contributed by atoms with van der Waals surface area (Å²) in [6.07, 6.45) is 0. The number of hydrogen-bond acceptors (Lipinski definition) is 6. The maximum absolute atomic E-state index is 10.8. The zero-order chi connectivity index (χ0) is 20.4. The smallest absolute Gasteiger partial charge is 0.744 e. The van der Waals surface area contributed by atoms with E-state index in [2.05, 4.69) is 0 Å². The Morgan fingerprint density at radius 3 is 0.862 bits per heavy atom. The number of benzene rings is 2. The van der Waals surface area contributed by atoms with Gasteiger partial charge >= 0.3 is 59.1 Å². The Morgan fingerprint density at radius 2 is 0.724 bits per heavy atom. The molecule has 7 nitrogen and oxygen atoms in total. The molecule has 0 amide bonds. The van der Waals surface area contributed by atoms with Crippen LogP contribution in [0, 0.1) is 41.5 Å². The second-order valence-electron chi connectivity index (χ2n) is 6.36. The third-order valence-electron chi connectivity index (χ3n) is 3.71. The van der Waals surface area contributed by atoms with Crippen LogP contribution >= 0.6 is 0 Å². The molecule has 0 aliphatic rings. The van der Waals surface area contributed by atoms with Crippen molar-refractivity contribution in [3.05, 3.63) is 57.6 Å². The maximum Gasteiger partial charge on any atom is 1.00 e. The van der Waals surface area contributed by atoms with Crippen LogP contribution in [-0.2, 0) is 20.2 Å². The summed E-state index contributed by atoms with van der Waals surface area (Å²) < 4.78 is 65.0. The van der Waals surface area contributed by atoms with Gasteiger partial charge in [-0.2, -0.15) is 0 Å². The molecule has 0 bridgehead atoms. The van der Waals surface area contributed by atoms with Crippen molar-refractivity contribution in [1.29, 1.82) is 0 Å². The zero-order valence-corrected chi connectivity index (χ0v) is 23.7. The molecule has 0 unspecified atom stereocenters. The number of hydrogen-bond donors (Lipinski definition) is 0. The maximum atomic E-state index is 10.8. The van der Waals surface area contributed by atoms with Crippen LogP contribution < -0.4 is 59.1 Å². The number of aryl methyl sites for hydroxylation is 6. The summed E-state index contributed by atoms with van der Waals surface area (Å²) in [5, 5.41) is 0. The molecule has 0 heterocycles. The standard InChI is InChI=1S/2C9H12O3S.2Na.H2O/c2*1-6-4-7(2)9(8(3)5-6)13(10,11)12;;;/h2*4-5H,1-3H3,(H,10,11,12);;;1H2/q;;2*+1;/p-2. The molecule has 0 atom stereocenters. The minimum Gasteiger partial charge on any atom is -0.744 e. The van der Waals surface area contributed by atoms with E-state index < -0.39 is 20.2 Å². The molecule has 0 saturated carbocycles. The normalized spacial score (nSPS) is 10.5. The van der Waals surface area contributed by atoms with Crippen molar-refractivity contribution in [2.24, 2.45) is 0 Å². The van der Waals surface area contributed by atoms with Gasteiger partial charge in [0.15, 0.2) is 0 Å². The van der Waals surface area contributed by atoms with E-state index in [0.29, 0.717) is 22.3 Å². The van der Waals surface area contributed by atoms with Crippen LogP contribution in [0.4, 0.5) is 0 Å². The minimum absolute atomic E-state index is 0. The van der Waals surface area contributed by atoms with E-state index in [1.54, 1.807) is 52.0 Å². The SMILES string of the molecule is Cc1cc(C)c(S(=O)(=O)[O-])c(C)c1.Cc1cc(C)c(S(=O)(=O)[O-])c(C)c1.O.[Na+].[Na+]. The van der Waals surface area contributed by atoms with Crippen molar-refractivity contribution in [3.8, 4) is 0 Å². The Kier molecular flexibility index (Phi) is 15.1. The molecule has 29 heavy (non-hydrogen) atoms. The Morgan fingerprint density at radius 1 is 0.552 bits per heavy atom. The van der Waals surface area contributed by atoms with E-state index in [0.717, 1.165) is 11.1 Å². The van der Waals surface area contributed by atoms with Gasteiger partial charge in [0.25, 0.3) is 0 Å². The van der Waals surface area contributed by atoms with Crippen molar-refractivity contribution < 1.29 is 90.5 Å². The predicted octanol–water partition coefficient (Wildman–Crippen LogP) is -3.78. The minimum atomic E-state index is -4.33. The summed E-state index contributed by atoms with van der Waals surface area (Å²) in [7, 11) is -8.66. The summed E-state index contributed by atoms with van der Waals surface area (Å²) in [5.41, 5.74) is 4.00. The summed E-state index contributed by atoms with van der Waals surface area (Å²) in [6.45, 7) is 10.2. The third kappa shape index (κ3) is 9.92. The fraction of sp³-hybridized carbons (Fsp3) is 0.333. The first-order valence-electron chi connectivity index (χ1n) is 7.72. The van der Waals surface area contributed by atoms with Gasteiger partial charge in [-0.1, -0.05) is 35.4 Å². The molecule has 2 aromatic carbocycles. The largest absolute Gasteiger partial charge is 1.00 e. The average molecular weight is 462 g/mol. The van der Waals surface area contributed by atoms with Gasteiger partial charge in [0, 0.05) is 0 Å². The fourth-order valence-electron chi connectivity index (χ4n) is 3.12. The van der Waals surface area contributed by atoms with Gasteiger partial charge in [0.2, 0.25) is 0 Å². The second kappa shape index (κ2) is 12.9. The summed E-state index contributed by atoms with van der Waals surface area (Å²) >= 11 is 0. The zero-order valence-electron chi connectivity index (χ0n) is 18.1. The van der Waals surface area contributed by atoms with Crippen LogP contribution in [0.25, 0.3) is 0 Å².